The van der Waals surface area contributed by atoms with E-state index < -0.39 is 17.8 Å². The van der Waals surface area contributed by atoms with E-state index in [0.29, 0.717) is 12.2 Å². The third-order valence-corrected chi connectivity index (χ3v) is 2.23. The van der Waals surface area contributed by atoms with Crippen molar-refractivity contribution in [3.8, 4) is 5.75 Å². The Hall–Kier alpha value is -1.66. The van der Waals surface area contributed by atoms with E-state index in [9.17, 15) is 9.18 Å². The van der Waals surface area contributed by atoms with Gasteiger partial charge in [-0.25, -0.2) is 10.2 Å². The first-order chi connectivity index (χ1) is 7.97. The molecule has 1 aromatic rings. The van der Waals surface area contributed by atoms with Crippen molar-refractivity contribution in [3.63, 3.8) is 0 Å². The number of nitrogens with two attached hydrogens (primary N) is 2. The summed E-state index contributed by atoms with van der Waals surface area (Å²) < 4.78 is 18.6. The molecule has 1 amide bonds. The molecule has 0 fully saturated rings. The third kappa shape index (κ3) is 3.15. The fourth-order valence-electron chi connectivity index (χ4n) is 1.35. The molecule has 0 bridgehead atoms. The Balaban J connectivity index is 2.93. The van der Waals surface area contributed by atoms with Crippen molar-refractivity contribution in [2.24, 2.45) is 11.6 Å². The molecule has 6 heteroatoms. The summed E-state index contributed by atoms with van der Waals surface area (Å²) in [7, 11) is 1.38. The van der Waals surface area contributed by atoms with Gasteiger partial charge in [0, 0.05) is 7.05 Å². The van der Waals surface area contributed by atoms with Crippen molar-refractivity contribution in [1.29, 1.82) is 0 Å². The number of ether oxygens (including phenoxy) is 1. The highest BCUT2D eigenvalue weighted by atomic mass is 19.1. The Morgan fingerprint density at radius 1 is 1.59 bits per heavy atom. The minimum atomic E-state index is -0.977. The van der Waals surface area contributed by atoms with Crippen molar-refractivity contribution in [2.45, 2.75) is 13.0 Å². The van der Waals surface area contributed by atoms with E-state index in [1.165, 1.54) is 19.2 Å². The first-order valence-electron chi connectivity index (χ1n) is 5.17. The molecular formula is C11H16FN3O2. The van der Waals surface area contributed by atoms with Gasteiger partial charge in [-0.15, -0.1) is 0 Å². The van der Waals surface area contributed by atoms with Crippen molar-refractivity contribution in [3.05, 3.63) is 29.6 Å². The Morgan fingerprint density at radius 3 is 2.71 bits per heavy atom. The van der Waals surface area contributed by atoms with Crippen molar-refractivity contribution < 1.29 is 13.9 Å². The molecule has 0 aliphatic carbocycles. The normalized spacial score (nSPS) is 12.1. The van der Waals surface area contributed by atoms with Gasteiger partial charge in [0.05, 0.1) is 6.61 Å². The lowest BCUT2D eigenvalue weighted by atomic mass is 10.1. The maximum Gasteiger partial charge on any atom is 0.257 e. The number of carbonyl (C=O) groups excluding carboxylic acids is 1. The maximum absolute atomic E-state index is 13.5. The number of hydrogen-bond donors (Lipinski definition) is 2. The van der Waals surface area contributed by atoms with Crippen LogP contribution in [0.5, 0.6) is 5.75 Å². The number of hydrogen-bond acceptors (Lipinski definition) is 4. The fraction of sp³-hybridized carbons (Fsp3) is 0.364. The summed E-state index contributed by atoms with van der Waals surface area (Å²) in [5.74, 6) is 4.37. The van der Waals surface area contributed by atoms with Crippen LogP contribution in [0.25, 0.3) is 0 Å². The summed E-state index contributed by atoms with van der Waals surface area (Å²) in [6.07, 6.45) is 0. The van der Waals surface area contributed by atoms with Crippen molar-refractivity contribution in [2.75, 3.05) is 13.7 Å². The zero-order valence-electron chi connectivity index (χ0n) is 9.81. The van der Waals surface area contributed by atoms with Gasteiger partial charge in [-0.3, -0.25) is 9.80 Å². The molecule has 0 spiro atoms. The molecule has 17 heavy (non-hydrogen) atoms. The predicted octanol–water partition coefficient (Wildman–Crippen LogP) is 0.556. The van der Waals surface area contributed by atoms with E-state index in [1.54, 1.807) is 13.0 Å². The number of rotatable bonds is 4. The van der Waals surface area contributed by atoms with E-state index in [4.69, 9.17) is 16.3 Å². The van der Waals surface area contributed by atoms with Crippen LogP contribution in [0.2, 0.25) is 0 Å². The van der Waals surface area contributed by atoms with Crippen molar-refractivity contribution >= 4 is 5.91 Å². The van der Waals surface area contributed by atoms with E-state index >= 15 is 0 Å². The molecule has 1 aromatic carbocycles. The van der Waals surface area contributed by atoms with Gasteiger partial charge in [0.2, 0.25) is 0 Å². The van der Waals surface area contributed by atoms with E-state index in [2.05, 4.69) is 0 Å². The summed E-state index contributed by atoms with van der Waals surface area (Å²) in [6, 6.07) is 3.19. The second-order valence-corrected chi connectivity index (χ2v) is 3.55. The monoisotopic (exact) mass is 241 g/mol. The molecule has 0 aliphatic rings. The molecule has 0 aliphatic heterocycles. The smallest absolute Gasteiger partial charge is 0.257 e. The minimum Gasteiger partial charge on any atom is -0.491 e. The molecule has 1 unspecified atom stereocenters. The Labute approximate surface area is 99.1 Å². The van der Waals surface area contributed by atoms with Gasteiger partial charge in [0.25, 0.3) is 5.91 Å². The number of nitrogens with zero attached hydrogens (tertiary/aromatic N) is 1. The van der Waals surface area contributed by atoms with Gasteiger partial charge >= 0.3 is 0 Å². The van der Waals surface area contributed by atoms with Crippen LogP contribution in [0.4, 0.5) is 4.39 Å². The number of halogens is 1. The van der Waals surface area contributed by atoms with Gasteiger partial charge in [0.1, 0.15) is 6.04 Å². The Bertz CT molecular complexity index is 410. The molecule has 5 nitrogen and oxygen atoms in total. The highest BCUT2D eigenvalue weighted by molar-refractivity contribution is 5.82. The van der Waals surface area contributed by atoms with Gasteiger partial charge in [0.15, 0.2) is 11.6 Å². The minimum absolute atomic E-state index is 0.136. The van der Waals surface area contributed by atoms with Crippen LogP contribution in [0.3, 0.4) is 0 Å². The molecule has 1 atom stereocenters. The molecule has 94 valence electrons. The van der Waals surface area contributed by atoms with E-state index in [0.717, 1.165) is 5.01 Å². The zero-order valence-corrected chi connectivity index (χ0v) is 9.81. The number of benzene rings is 1. The SMILES string of the molecule is CCOc1ccc(C(N)C(=O)N(C)N)cc1F. The summed E-state index contributed by atoms with van der Waals surface area (Å²) in [4.78, 5) is 11.5. The van der Waals surface area contributed by atoms with Crippen LogP contribution < -0.4 is 16.3 Å². The topological polar surface area (TPSA) is 81.6 Å². The Kier molecular flexibility index (Phi) is 4.42. The predicted molar refractivity (Wildman–Crippen MR) is 61.5 cm³/mol. The first-order valence-corrected chi connectivity index (χ1v) is 5.17. The van der Waals surface area contributed by atoms with Crippen LogP contribution in [0.15, 0.2) is 18.2 Å². The lowest BCUT2D eigenvalue weighted by Gasteiger charge is -2.17. The van der Waals surface area contributed by atoms with Crippen LogP contribution in [0, 0.1) is 5.82 Å². The highest BCUT2D eigenvalue weighted by Gasteiger charge is 2.19. The van der Waals surface area contributed by atoms with Crippen LogP contribution in [0.1, 0.15) is 18.5 Å². The van der Waals surface area contributed by atoms with Gasteiger partial charge < -0.3 is 10.5 Å². The lowest BCUT2D eigenvalue weighted by molar-refractivity contribution is -0.131. The van der Waals surface area contributed by atoms with Gasteiger partial charge in [-0.2, -0.15) is 0 Å². The Morgan fingerprint density at radius 2 is 2.24 bits per heavy atom. The average Bonchev–Trinajstić information content (AvgIpc) is 2.30. The zero-order chi connectivity index (χ0) is 13.0. The quantitative estimate of drug-likeness (QED) is 0.458. The molecule has 0 heterocycles. The fourth-order valence-corrected chi connectivity index (χ4v) is 1.35. The standard InChI is InChI=1S/C11H16FN3O2/c1-3-17-9-5-4-7(6-8(9)12)10(13)11(16)15(2)14/h4-6,10H,3,13-14H2,1-2H3. The van der Waals surface area contributed by atoms with Gasteiger partial charge in [-0.05, 0) is 24.6 Å². The molecule has 0 saturated carbocycles. The maximum atomic E-state index is 13.5. The largest absolute Gasteiger partial charge is 0.491 e. The number of likely N-dealkylation sites (N-methyl/N-ethyl adjacent to an activating group) is 1. The second kappa shape index (κ2) is 5.60. The number of hydrazine groups is 1. The molecule has 0 radical (unpaired) electrons. The van der Waals surface area contributed by atoms with E-state index in [1.807, 2.05) is 0 Å². The van der Waals surface area contributed by atoms with Crippen molar-refractivity contribution in [1.82, 2.24) is 5.01 Å². The number of carbonyl (C=O) groups is 1. The van der Waals surface area contributed by atoms with Crippen LogP contribution in [-0.2, 0) is 4.79 Å². The summed E-state index contributed by atoms with van der Waals surface area (Å²) in [5.41, 5.74) is 6.01. The highest BCUT2D eigenvalue weighted by Crippen LogP contribution is 2.21. The summed E-state index contributed by atoms with van der Waals surface area (Å²) in [6.45, 7) is 2.12. The molecule has 0 saturated heterocycles. The average molecular weight is 241 g/mol. The lowest BCUT2D eigenvalue weighted by Crippen LogP contribution is -2.40. The molecule has 0 aromatic heterocycles. The molecular weight excluding hydrogens is 225 g/mol. The number of amides is 1. The third-order valence-electron chi connectivity index (χ3n) is 2.23. The first kappa shape index (κ1) is 13.4. The second-order valence-electron chi connectivity index (χ2n) is 3.55. The van der Waals surface area contributed by atoms with Crippen LogP contribution >= 0.6 is 0 Å². The van der Waals surface area contributed by atoms with Crippen LogP contribution in [-0.4, -0.2) is 24.6 Å². The molecule has 1 rings (SSSR count). The van der Waals surface area contributed by atoms with E-state index in [-0.39, 0.29) is 5.75 Å². The summed E-state index contributed by atoms with van der Waals surface area (Å²) in [5, 5.41) is 0.874. The summed E-state index contributed by atoms with van der Waals surface area (Å²) >= 11 is 0. The van der Waals surface area contributed by atoms with Gasteiger partial charge in [-0.1, -0.05) is 6.07 Å². The molecule has 4 N–H and O–H groups in total.